The molecule has 0 spiro atoms. The Balaban J connectivity index is 1.64. The van der Waals surface area contributed by atoms with E-state index in [-0.39, 0.29) is 12.0 Å². The van der Waals surface area contributed by atoms with Crippen molar-refractivity contribution < 1.29 is 14.6 Å². The van der Waals surface area contributed by atoms with Gasteiger partial charge >= 0.3 is 0 Å². The van der Waals surface area contributed by atoms with E-state index in [1.54, 1.807) is 0 Å². The number of aliphatic hydroxyl groups excluding tert-OH is 1. The van der Waals surface area contributed by atoms with E-state index in [1.807, 2.05) is 30.0 Å². The van der Waals surface area contributed by atoms with Crippen molar-refractivity contribution >= 4 is 5.91 Å². The van der Waals surface area contributed by atoms with Gasteiger partial charge in [0.15, 0.2) is 6.10 Å². The van der Waals surface area contributed by atoms with Crippen molar-refractivity contribution in [2.45, 2.75) is 51.2 Å². The molecule has 0 aromatic heterocycles. The third-order valence-corrected chi connectivity index (χ3v) is 4.49. The van der Waals surface area contributed by atoms with Crippen LogP contribution in [-0.2, 0) is 11.2 Å². The highest BCUT2D eigenvalue weighted by Crippen LogP contribution is 2.33. The molecule has 4 nitrogen and oxygen atoms in total. The lowest BCUT2D eigenvalue weighted by Gasteiger charge is -2.29. The molecule has 21 heavy (non-hydrogen) atoms. The van der Waals surface area contributed by atoms with Gasteiger partial charge in [0.05, 0.1) is 6.10 Å². The highest BCUT2D eigenvalue weighted by molar-refractivity contribution is 5.81. The zero-order valence-electron chi connectivity index (χ0n) is 12.5. The van der Waals surface area contributed by atoms with Crippen molar-refractivity contribution in [2.24, 2.45) is 0 Å². The normalized spacial score (nSPS) is 22.8. The van der Waals surface area contributed by atoms with Crippen LogP contribution in [0.1, 0.15) is 49.8 Å². The van der Waals surface area contributed by atoms with Crippen LogP contribution in [0.15, 0.2) is 18.2 Å². The second kappa shape index (κ2) is 6.06. The molecule has 1 saturated heterocycles. The molecule has 3 rings (SSSR count). The first-order valence-corrected chi connectivity index (χ1v) is 7.91. The van der Waals surface area contributed by atoms with Gasteiger partial charge in [0, 0.05) is 13.1 Å². The van der Waals surface area contributed by atoms with Gasteiger partial charge in [-0.2, -0.15) is 0 Å². The van der Waals surface area contributed by atoms with Gasteiger partial charge in [0.1, 0.15) is 5.75 Å². The second-order valence-corrected chi connectivity index (χ2v) is 6.06. The topological polar surface area (TPSA) is 49.8 Å². The summed E-state index contributed by atoms with van der Waals surface area (Å²) < 4.78 is 5.82. The number of carbonyl (C=O) groups excluding carboxylic acids is 1. The number of hydrogen-bond acceptors (Lipinski definition) is 3. The summed E-state index contributed by atoms with van der Waals surface area (Å²) in [5.41, 5.74) is 2.13. The fraction of sp³-hybridized carbons (Fsp3) is 0.588. The van der Waals surface area contributed by atoms with Crippen molar-refractivity contribution in [2.75, 3.05) is 13.1 Å². The van der Waals surface area contributed by atoms with Gasteiger partial charge < -0.3 is 14.7 Å². The Bertz CT molecular complexity index is 523. The maximum Gasteiger partial charge on any atom is 0.263 e. The lowest BCUT2D eigenvalue weighted by atomic mass is 10.1. The lowest BCUT2D eigenvalue weighted by Crippen LogP contribution is -2.43. The minimum Gasteiger partial charge on any atom is -0.481 e. The molecule has 0 radical (unpaired) electrons. The molecule has 2 unspecified atom stereocenters. The van der Waals surface area contributed by atoms with Crippen molar-refractivity contribution in [1.29, 1.82) is 0 Å². The number of fused-ring (bicyclic) bond motifs is 1. The molecule has 2 atom stereocenters. The Morgan fingerprint density at radius 2 is 2.10 bits per heavy atom. The molecule has 1 aromatic rings. The molecule has 1 aromatic carbocycles. The van der Waals surface area contributed by atoms with Crippen LogP contribution in [0.4, 0.5) is 0 Å². The van der Waals surface area contributed by atoms with Crippen LogP contribution in [0.3, 0.4) is 0 Å². The average Bonchev–Trinajstić information content (AvgIpc) is 2.88. The van der Waals surface area contributed by atoms with Crippen LogP contribution in [-0.4, -0.2) is 35.1 Å². The maximum absolute atomic E-state index is 12.3. The highest BCUT2D eigenvalue weighted by Gasteiger charge is 2.25. The van der Waals surface area contributed by atoms with E-state index in [0.29, 0.717) is 0 Å². The Hall–Kier alpha value is -1.55. The number of likely N-dealkylation sites (tertiary alicyclic amines) is 1. The number of aryl methyl sites for hydroxylation is 1. The third kappa shape index (κ3) is 3.05. The molecular weight excluding hydrogens is 266 g/mol. The Morgan fingerprint density at radius 3 is 2.86 bits per heavy atom. The van der Waals surface area contributed by atoms with Crippen molar-refractivity contribution in [1.82, 2.24) is 4.90 Å². The monoisotopic (exact) mass is 289 g/mol. The number of amides is 1. The van der Waals surface area contributed by atoms with Gasteiger partial charge in [-0.15, -0.1) is 0 Å². The number of piperidine rings is 1. The molecule has 0 saturated carbocycles. The standard InChI is InChI=1S/C17H23NO3/c1-12(17(20)18-9-3-2-4-10-18)21-14-6-7-15-13(11-14)5-8-16(15)19/h6-7,11-12,16,19H,2-5,8-10H2,1H3. The SMILES string of the molecule is CC(Oc1ccc2c(c1)CCC2O)C(=O)N1CCCCC1. The van der Waals surface area contributed by atoms with Crippen LogP contribution >= 0.6 is 0 Å². The summed E-state index contributed by atoms with van der Waals surface area (Å²) in [5, 5.41) is 9.81. The van der Waals surface area contributed by atoms with Gasteiger partial charge in [-0.3, -0.25) is 4.79 Å². The minimum atomic E-state index is -0.451. The van der Waals surface area contributed by atoms with E-state index >= 15 is 0 Å². The van der Waals surface area contributed by atoms with Gasteiger partial charge in [-0.25, -0.2) is 0 Å². The number of hydrogen-bond donors (Lipinski definition) is 1. The molecule has 1 N–H and O–H groups in total. The van der Waals surface area contributed by atoms with Crippen LogP contribution in [0.25, 0.3) is 0 Å². The summed E-state index contributed by atoms with van der Waals surface area (Å²) in [5.74, 6) is 0.802. The number of aliphatic hydroxyl groups is 1. The summed E-state index contributed by atoms with van der Waals surface area (Å²) >= 11 is 0. The van der Waals surface area contributed by atoms with Gasteiger partial charge in [-0.05, 0) is 62.3 Å². The summed E-state index contributed by atoms with van der Waals surface area (Å²) in [6.45, 7) is 3.52. The van der Waals surface area contributed by atoms with Gasteiger partial charge in [0.2, 0.25) is 0 Å². The van der Waals surface area contributed by atoms with Crippen LogP contribution in [0.2, 0.25) is 0 Å². The first kappa shape index (κ1) is 14.4. The molecule has 2 aliphatic rings. The number of carbonyl (C=O) groups is 1. The van der Waals surface area contributed by atoms with E-state index in [1.165, 1.54) is 6.42 Å². The summed E-state index contributed by atoms with van der Waals surface area (Å²) in [6.07, 6.45) is 4.26. The Kier molecular flexibility index (Phi) is 4.15. The smallest absolute Gasteiger partial charge is 0.263 e. The molecule has 1 aliphatic carbocycles. The van der Waals surface area contributed by atoms with Crippen LogP contribution < -0.4 is 4.74 Å². The molecular formula is C17H23NO3. The Morgan fingerprint density at radius 1 is 1.33 bits per heavy atom. The minimum absolute atomic E-state index is 0.0789. The fourth-order valence-corrected chi connectivity index (χ4v) is 3.27. The quantitative estimate of drug-likeness (QED) is 0.930. The largest absolute Gasteiger partial charge is 0.481 e. The summed E-state index contributed by atoms with van der Waals surface area (Å²) in [7, 11) is 0. The number of nitrogens with zero attached hydrogens (tertiary/aromatic N) is 1. The fourth-order valence-electron chi connectivity index (χ4n) is 3.27. The van der Waals surface area contributed by atoms with E-state index in [4.69, 9.17) is 4.74 Å². The van der Waals surface area contributed by atoms with Gasteiger partial charge in [0.25, 0.3) is 5.91 Å². The molecule has 0 bridgehead atoms. The maximum atomic E-state index is 12.3. The second-order valence-electron chi connectivity index (χ2n) is 6.06. The predicted molar refractivity (Wildman–Crippen MR) is 80.2 cm³/mol. The summed E-state index contributed by atoms with van der Waals surface area (Å²) in [4.78, 5) is 14.3. The van der Waals surface area contributed by atoms with Gasteiger partial charge in [-0.1, -0.05) is 6.07 Å². The zero-order valence-corrected chi connectivity index (χ0v) is 12.5. The highest BCUT2D eigenvalue weighted by atomic mass is 16.5. The average molecular weight is 289 g/mol. The van der Waals surface area contributed by atoms with E-state index in [0.717, 1.165) is 55.6 Å². The first-order valence-electron chi connectivity index (χ1n) is 7.91. The molecule has 1 amide bonds. The van der Waals surface area contributed by atoms with E-state index in [9.17, 15) is 9.90 Å². The predicted octanol–water partition coefficient (Wildman–Crippen LogP) is 2.45. The van der Waals surface area contributed by atoms with Crippen LogP contribution in [0.5, 0.6) is 5.75 Å². The molecule has 4 heteroatoms. The number of benzene rings is 1. The number of rotatable bonds is 3. The van der Waals surface area contributed by atoms with E-state index < -0.39 is 6.10 Å². The van der Waals surface area contributed by atoms with Crippen molar-refractivity contribution in [3.05, 3.63) is 29.3 Å². The third-order valence-electron chi connectivity index (χ3n) is 4.49. The lowest BCUT2D eigenvalue weighted by molar-refractivity contribution is -0.138. The molecule has 114 valence electrons. The number of ether oxygens (including phenoxy) is 1. The summed E-state index contributed by atoms with van der Waals surface area (Å²) in [6, 6.07) is 5.74. The Labute approximate surface area is 125 Å². The van der Waals surface area contributed by atoms with Crippen molar-refractivity contribution in [3.63, 3.8) is 0 Å². The molecule has 1 heterocycles. The van der Waals surface area contributed by atoms with Crippen molar-refractivity contribution in [3.8, 4) is 5.75 Å². The van der Waals surface area contributed by atoms with E-state index in [2.05, 4.69) is 0 Å². The zero-order chi connectivity index (χ0) is 14.8. The first-order chi connectivity index (χ1) is 10.1. The molecule has 1 fully saturated rings. The molecule has 1 aliphatic heterocycles. The van der Waals surface area contributed by atoms with Crippen LogP contribution in [0, 0.1) is 0 Å².